The van der Waals surface area contributed by atoms with Gasteiger partial charge in [-0.05, 0) is 32.8 Å². The molecule has 0 spiro atoms. The van der Waals surface area contributed by atoms with E-state index in [-0.39, 0.29) is 6.04 Å². The molecule has 0 aromatic carbocycles. The molecule has 1 atom stereocenters. The fourth-order valence-corrected chi connectivity index (χ4v) is 1.86. The van der Waals surface area contributed by atoms with E-state index < -0.39 is 0 Å². The summed E-state index contributed by atoms with van der Waals surface area (Å²) in [7, 11) is 0. The number of hydrogen-bond donors (Lipinski definition) is 0. The Bertz CT molecular complexity index is 357. The van der Waals surface area contributed by atoms with Gasteiger partial charge < -0.3 is 0 Å². The Hall–Kier alpha value is -1.30. The molecule has 0 N–H and O–H groups in total. The Labute approximate surface area is 85.4 Å². The van der Waals surface area contributed by atoms with Crippen LogP contribution in [-0.4, -0.2) is 9.78 Å². The maximum Gasteiger partial charge on any atom is 0.0644 e. The average Bonchev–Trinajstić information content (AvgIpc) is 2.42. The molecule has 1 rings (SSSR count). The van der Waals surface area contributed by atoms with Gasteiger partial charge in [0, 0.05) is 5.69 Å². The highest BCUT2D eigenvalue weighted by Crippen LogP contribution is 2.19. The summed E-state index contributed by atoms with van der Waals surface area (Å²) in [5, 5.41) is 13.1. The van der Waals surface area contributed by atoms with Gasteiger partial charge >= 0.3 is 0 Å². The van der Waals surface area contributed by atoms with Gasteiger partial charge in [-0.15, -0.1) is 0 Å². The topological polar surface area (TPSA) is 41.6 Å². The summed E-state index contributed by atoms with van der Waals surface area (Å²) in [6.45, 7) is 8.27. The van der Waals surface area contributed by atoms with Gasteiger partial charge in [0.1, 0.15) is 0 Å². The van der Waals surface area contributed by atoms with Crippen molar-refractivity contribution in [3.63, 3.8) is 0 Å². The van der Waals surface area contributed by atoms with Crippen molar-refractivity contribution < 1.29 is 0 Å². The molecule has 0 aliphatic carbocycles. The number of nitriles is 1. The first-order valence-corrected chi connectivity index (χ1v) is 5.03. The van der Waals surface area contributed by atoms with Crippen LogP contribution in [0.25, 0.3) is 0 Å². The normalized spacial score (nSPS) is 12.5. The molecule has 1 unspecified atom stereocenters. The van der Waals surface area contributed by atoms with Crippen LogP contribution in [0.15, 0.2) is 0 Å². The largest absolute Gasteiger partial charge is 0.266 e. The van der Waals surface area contributed by atoms with E-state index in [1.54, 1.807) is 0 Å². The van der Waals surface area contributed by atoms with Crippen molar-refractivity contribution >= 4 is 0 Å². The Morgan fingerprint density at radius 1 is 1.50 bits per heavy atom. The van der Waals surface area contributed by atoms with E-state index in [0.717, 1.165) is 12.1 Å². The molecule has 0 aliphatic heterocycles. The third-order valence-corrected chi connectivity index (χ3v) is 2.63. The van der Waals surface area contributed by atoms with E-state index in [1.165, 1.54) is 11.3 Å². The fourth-order valence-electron chi connectivity index (χ4n) is 1.86. The van der Waals surface area contributed by atoms with E-state index in [9.17, 15) is 0 Å². The molecule has 0 radical (unpaired) electrons. The molecule has 14 heavy (non-hydrogen) atoms. The van der Waals surface area contributed by atoms with Crippen molar-refractivity contribution in [1.82, 2.24) is 9.78 Å². The van der Waals surface area contributed by atoms with Crippen LogP contribution < -0.4 is 0 Å². The van der Waals surface area contributed by atoms with Crippen LogP contribution in [0, 0.1) is 25.2 Å². The molecule has 1 heterocycles. The van der Waals surface area contributed by atoms with E-state index in [1.807, 2.05) is 18.5 Å². The van der Waals surface area contributed by atoms with Gasteiger partial charge in [-0.2, -0.15) is 10.4 Å². The van der Waals surface area contributed by atoms with Crippen LogP contribution in [0.3, 0.4) is 0 Å². The highest BCUT2D eigenvalue weighted by molar-refractivity contribution is 5.24. The Morgan fingerprint density at radius 2 is 2.14 bits per heavy atom. The summed E-state index contributed by atoms with van der Waals surface area (Å²) in [4.78, 5) is 0. The maximum atomic E-state index is 8.63. The van der Waals surface area contributed by atoms with Gasteiger partial charge in [0.15, 0.2) is 0 Å². The molecule has 76 valence electrons. The van der Waals surface area contributed by atoms with Crippen molar-refractivity contribution in [3.05, 3.63) is 17.0 Å². The summed E-state index contributed by atoms with van der Waals surface area (Å²) in [6, 6.07) is 2.36. The van der Waals surface area contributed by atoms with Crippen molar-refractivity contribution in [2.24, 2.45) is 0 Å². The van der Waals surface area contributed by atoms with E-state index in [4.69, 9.17) is 5.26 Å². The average molecular weight is 191 g/mol. The van der Waals surface area contributed by atoms with Crippen molar-refractivity contribution in [3.8, 4) is 6.07 Å². The first kappa shape index (κ1) is 10.8. The minimum absolute atomic E-state index is 0.180. The van der Waals surface area contributed by atoms with Gasteiger partial charge in [-0.3, -0.25) is 4.68 Å². The number of rotatable bonds is 3. The predicted octanol–water partition coefficient (Wildman–Crippen LogP) is 2.54. The molecule has 0 fully saturated rings. The smallest absolute Gasteiger partial charge is 0.0644 e. The zero-order chi connectivity index (χ0) is 10.7. The maximum absolute atomic E-state index is 8.63. The van der Waals surface area contributed by atoms with Gasteiger partial charge in [0.25, 0.3) is 0 Å². The summed E-state index contributed by atoms with van der Waals surface area (Å²) >= 11 is 0. The van der Waals surface area contributed by atoms with Crippen molar-refractivity contribution in [2.75, 3.05) is 0 Å². The molecule has 0 saturated carbocycles. The fraction of sp³-hybridized carbons (Fsp3) is 0.636. The lowest BCUT2D eigenvalue weighted by atomic mass is 10.1. The number of aryl methyl sites for hydroxylation is 1. The van der Waals surface area contributed by atoms with Gasteiger partial charge in [-0.25, -0.2) is 0 Å². The quantitative estimate of drug-likeness (QED) is 0.736. The molecule has 0 amide bonds. The molecule has 0 saturated heterocycles. The van der Waals surface area contributed by atoms with Gasteiger partial charge in [-0.1, -0.05) is 6.92 Å². The minimum Gasteiger partial charge on any atom is -0.266 e. The predicted molar refractivity (Wildman–Crippen MR) is 56.0 cm³/mol. The molecule has 1 aromatic heterocycles. The molecular weight excluding hydrogens is 174 g/mol. The van der Waals surface area contributed by atoms with Crippen LogP contribution in [0.4, 0.5) is 0 Å². The van der Waals surface area contributed by atoms with E-state index in [0.29, 0.717) is 6.42 Å². The highest BCUT2D eigenvalue weighted by Gasteiger charge is 2.13. The summed E-state index contributed by atoms with van der Waals surface area (Å²) in [6.07, 6.45) is 1.53. The first-order chi connectivity index (χ1) is 6.61. The lowest BCUT2D eigenvalue weighted by Gasteiger charge is -2.10. The zero-order valence-electron chi connectivity index (χ0n) is 9.33. The van der Waals surface area contributed by atoms with Crippen LogP contribution in [0.5, 0.6) is 0 Å². The summed E-state index contributed by atoms with van der Waals surface area (Å²) in [5.41, 5.74) is 3.61. The molecule has 0 bridgehead atoms. The second-order valence-corrected chi connectivity index (χ2v) is 3.66. The Morgan fingerprint density at radius 3 is 2.57 bits per heavy atom. The van der Waals surface area contributed by atoms with Crippen LogP contribution in [-0.2, 0) is 6.42 Å². The minimum atomic E-state index is 0.180. The first-order valence-electron chi connectivity index (χ1n) is 5.03. The van der Waals surface area contributed by atoms with Crippen molar-refractivity contribution in [2.45, 2.75) is 46.6 Å². The monoisotopic (exact) mass is 191 g/mol. The van der Waals surface area contributed by atoms with Gasteiger partial charge in [0.05, 0.1) is 24.2 Å². The van der Waals surface area contributed by atoms with E-state index in [2.05, 4.69) is 25.0 Å². The van der Waals surface area contributed by atoms with Crippen LogP contribution >= 0.6 is 0 Å². The number of aromatic nitrogens is 2. The second kappa shape index (κ2) is 4.28. The lowest BCUT2D eigenvalue weighted by Crippen LogP contribution is -2.08. The number of nitrogens with zero attached hydrogens (tertiary/aromatic N) is 3. The summed E-state index contributed by atoms with van der Waals surface area (Å²) in [5.74, 6) is 0. The Balaban J connectivity index is 3.05. The SMILES string of the molecule is CCc1c(C)nn(C(C)CC#N)c1C. The second-order valence-electron chi connectivity index (χ2n) is 3.66. The van der Waals surface area contributed by atoms with Gasteiger partial charge in [0.2, 0.25) is 0 Å². The lowest BCUT2D eigenvalue weighted by molar-refractivity contribution is 0.486. The molecule has 3 nitrogen and oxygen atoms in total. The van der Waals surface area contributed by atoms with Crippen LogP contribution in [0.1, 0.15) is 43.3 Å². The molecule has 0 aliphatic rings. The van der Waals surface area contributed by atoms with E-state index >= 15 is 0 Å². The third kappa shape index (κ3) is 1.79. The zero-order valence-corrected chi connectivity index (χ0v) is 9.33. The molecule has 1 aromatic rings. The molecular formula is C11H17N3. The van der Waals surface area contributed by atoms with Crippen LogP contribution in [0.2, 0.25) is 0 Å². The molecule has 3 heteroatoms. The number of hydrogen-bond acceptors (Lipinski definition) is 2. The van der Waals surface area contributed by atoms with Crippen molar-refractivity contribution in [1.29, 1.82) is 5.26 Å². The Kier molecular flexibility index (Phi) is 3.29. The third-order valence-electron chi connectivity index (χ3n) is 2.63. The highest BCUT2D eigenvalue weighted by atomic mass is 15.3. The summed E-state index contributed by atoms with van der Waals surface area (Å²) < 4.78 is 1.97. The standard InChI is InChI=1S/C11H17N3/c1-5-11-9(3)13-14(10(11)4)8(2)6-7-12/h8H,5-6H2,1-4H3.